The average molecular weight is 336 g/mol. The lowest BCUT2D eigenvalue weighted by Crippen LogP contribution is -2.35. The zero-order valence-electron chi connectivity index (χ0n) is 12.3. The van der Waals surface area contributed by atoms with E-state index in [1.807, 2.05) is 42.5 Å². The molecule has 0 heterocycles. The van der Waals surface area contributed by atoms with Gasteiger partial charge in [0, 0.05) is 28.1 Å². The fraction of sp³-hybridized carbons (Fsp3) is 0.235. The molecule has 2 atom stereocenters. The summed E-state index contributed by atoms with van der Waals surface area (Å²) in [4.78, 5) is 12.1. The van der Waals surface area contributed by atoms with Crippen molar-refractivity contribution < 1.29 is 9.00 Å². The molecule has 0 unspecified atom stereocenters. The molecule has 1 N–H and O–H groups in total. The zero-order valence-corrected chi connectivity index (χ0v) is 13.9. The van der Waals surface area contributed by atoms with Crippen molar-refractivity contribution in [3.63, 3.8) is 0 Å². The van der Waals surface area contributed by atoms with E-state index in [0.717, 1.165) is 11.1 Å². The summed E-state index contributed by atoms with van der Waals surface area (Å²) in [5.41, 5.74) is 1.93. The van der Waals surface area contributed by atoms with Crippen molar-refractivity contribution >= 4 is 28.3 Å². The van der Waals surface area contributed by atoms with Gasteiger partial charge in [0.2, 0.25) is 5.91 Å². The summed E-state index contributed by atoms with van der Waals surface area (Å²) in [5, 5.41) is 2.91. The summed E-state index contributed by atoms with van der Waals surface area (Å²) >= 11 is 5.82. The van der Waals surface area contributed by atoms with Gasteiger partial charge in [-0.1, -0.05) is 54.1 Å². The minimum atomic E-state index is -1.27. The second kappa shape index (κ2) is 8.11. The van der Waals surface area contributed by atoms with E-state index in [2.05, 4.69) is 5.32 Å². The maximum Gasteiger partial charge on any atom is 0.235 e. The first-order valence-electron chi connectivity index (χ1n) is 6.99. The molecule has 0 fully saturated rings. The van der Waals surface area contributed by atoms with Gasteiger partial charge < -0.3 is 5.32 Å². The van der Waals surface area contributed by atoms with E-state index in [-0.39, 0.29) is 5.91 Å². The molecule has 0 spiro atoms. The van der Waals surface area contributed by atoms with Crippen LogP contribution in [0, 0.1) is 0 Å². The minimum absolute atomic E-state index is 0.198. The van der Waals surface area contributed by atoms with Crippen LogP contribution in [-0.2, 0) is 27.9 Å². The number of amides is 1. The minimum Gasteiger partial charge on any atom is -0.351 e. The van der Waals surface area contributed by atoms with Crippen molar-refractivity contribution in [2.75, 3.05) is 0 Å². The second-order valence-corrected chi connectivity index (χ2v) is 7.19. The predicted octanol–water partition coefficient (Wildman–Crippen LogP) is 3.29. The summed E-state index contributed by atoms with van der Waals surface area (Å²) in [7, 11) is -1.27. The van der Waals surface area contributed by atoms with Crippen LogP contribution in [0.25, 0.3) is 0 Å². The molecule has 2 aromatic rings. The second-order valence-electron chi connectivity index (χ2n) is 5.00. The molecule has 0 aliphatic carbocycles. The topological polar surface area (TPSA) is 46.2 Å². The molecule has 116 valence electrons. The van der Waals surface area contributed by atoms with Crippen molar-refractivity contribution in [2.45, 2.75) is 24.5 Å². The summed E-state index contributed by atoms with van der Waals surface area (Å²) < 4.78 is 12.3. The highest BCUT2D eigenvalue weighted by atomic mass is 35.5. The first-order valence-corrected chi connectivity index (χ1v) is 8.75. The highest BCUT2D eigenvalue weighted by Crippen LogP contribution is 2.12. The molecular formula is C17H18ClNO2S. The van der Waals surface area contributed by atoms with Crippen LogP contribution in [0.1, 0.15) is 18.1 Å². The number of benzene rings is 2. The standard InChI is InChI=1S/C17H18ClNO2S/c1-13(17(20)19-11-14-5-3-2-4-6-14)22(21)12-15-7-9-16(18)10-8-15/h2-10,13H,11-12H2,1H3,(H,19,20)/t13-,22+/m1/s1. The van der Waals surface area contributed by atoms with Gasteiger partial charge >= 0.3 is 0 Å². The number of carbonyl (C=O) groups is 1. The number of carbonyl (C=O) groups excluding carboxylic acids is 1. The van der Waals surface area contributed by atoms with Gasteiger partial charge in [0.15, 0.2) is 0 Å². The third-order valence-electron chi connectivity index (χ3n) is 3.30. The van der Waals surface area contributed by atoms with Crippen molar-refractivity contribution in [3.05, 3.63) is 70.7 Å². The van der Waals surface area contributed by atoms with Crippen LogP contribution in [0.4, 0.5) is 0 Å². The van der Waals surface area contributed by atoms with Crippen LogP contribution in [0.5, 0.6) is 0 Å². The largest absolute Gasteiger partial charge is 0.351 e. The van der Waals surface area contributed by atoms with Gasteiger partial charge in [-0.2, -0.15) is 0 Å². The normalized spacial score (nSPS) is 13.4. The Kier molecular flexibility index (Phi) is 6.16. The van der Waals surface area contributed by atoms with Crippen LogP contribution < -0.4 is 5.32 Å². The maximum atomic E-state index is 12.3. The molecule has 3 nitrogen and oxygen atoms in total. The lowest BCUT2D eigenvalue weighted by Gasteiger charge is -2.12. The van der Waals surface area contributed by atoms with E-state index in [9.17, 15) is 9.00 Å². The fourth-order valence-electron chi connectivity index (χ4n) is 1.92. The Balaban J connectivity index is 1.86. The van der Waals surface area contributed by atoms with Gasteiger partial charge in [-0.25, -0.2) is 0 Å². The molecule has 2 rings (SSSR count). The fourth-order valence-corrected chi connectivity index (χ4v) is 3.14. The molecule has 22 heavy (non-hydrogen) atoms. The Bertz CT molecular complexity index is 643. The molecule has 0 aliphatic heterocycles. The first-order chi connectivity index (χ1) is 10.6. The SMILES string of the molecule is C[C@H](C(=O)NCc1ccccc1)[S@@](=O)Cc1ccc(Cl)cc1. The molecule has 2 aromatic carbocycles. The van der Waals surface area contributed by atoms with Crippen LogP contribution in [0.15, 0.2) is 54.6 Å². The summed E-state index contributed by atoms with van der Waals surface area (Å²) in [6.07, 6.45) is 0. The predicted molar refractivity (Wildman–Crippen MR) is 91.0 cm³/mol. The van der Waals surface area contributed by atoms with E-state index in [4.69, 9.17) is 11.6 Å². The van der Waals surface area contributed by atoms with Crippen molar-refractivity contribution in [2.24, 2.45) is 0 Å². The Morgan fingerprint density at radius 1 is 1.09 bits per heavy atom. The number of hydrogen-bond donors (Lipinski definition) is 1. The summed E-state index contributed by atoms with van der Waals surface area (Å²) in [6.45, 7) is 2.13. The Morgan fingerprint density at radius 3 is 2.36 bits per heavy atom. The maximum absolute atomic E-state index is 12.3. The summed E-state index contributed by atoms with van der Waals surface area (Å²) in [5.74, 6) is 0.146. The van der Waals surface area contributed by atoms with E-state index in [1.54, 1.807) is 19.1 Å². The molecule has 0 bridgehead atoms. The zero-order chi connectivity index (χ0) is 15.9. The van der Waals surface area contributed by atoms with E-state index in [1.165, 1.54) is 0 Å². The quantitative estimate of drug-likeness (QED) is 0.880. The third kappa shape index (κ3) is 4.97. The van der Waals surface area contributed by atoms with Gasteiger partial charge in [0.25, 0.3) is 0 Å². The smallest absolute Gasteiger partial charge is 0.235 e. The van der Waals surface area contributed by atoms with Crippen LogP contribution in [0.3, 0.4) is 0 Å². The van der Waals surface area contributed by atoms with Crippen molar-refractivity contribution in [1.82, 2.24) is 5.32 Å². The molecule has 0 aromatic heterocycles. The van der Waals surface area contributed by atoms with Gasteiger partial charge in [0.1, 0.15) is 5.25 Å². The summed E-state index contributed by atoms with van der Waals surface area (Å²) in [6, 6.07) is 16.8. The van der Waals surface area contributed by atoms with Crippen molar-refractivity contribution in [3.8, 4) is 0 Å². The lowest BCUT2D eigenvalue weighted by molar-refractivity contribution is -0.120. The highest BCUT2D eigenvalue weighted by Gasteiger charge is 2.19. The van der Waals surface area contributed by atoms with Gasteiger partial charge in [-0.05, 0) is 30.2 Å². The molecular weight excluding hydrogens is 318 g/mol. The average Bonchev–Trinajstić information content (AvgIpc) is 2.55. The van der Waals surface area contributed by atoms with Crippen molar-refractivity contribution in [1.29, 1.82) is 0 Å². The Hall–Kier alpha value is -1.65. The molecule has 1 amide bonds. The number of hydrogen-bond acceptors (Lipinski definition) is 2. The van der Waals surface area contributed by atoms with Gasteiger partial charge in [-0.15, -0.1) is 0 Å². The van der Waals surface area contributed by atoms with Crippen LogP contribution in [-0.4, -0.2) is 15.4 Å². The van der Waals surface area contributed by atoms with E-state index < -0.39 is 16.0 Å². The Labute approximate surface area is 138 Å². The number of nitrogens with one attached hydrogen (secondary N) is 1. The molecule has 0 saturated heterocycles. The molecule has 0 aliphatic rings. The third-order valence-corrected chi connectivity index (χ3v) is 5.17. The van der Waals surface area contributed by atoms with Gasteiger partial charge in [0.05, 0.1) is 0 Å². The number of rotatable bonds is 6. The van der Waals surface area contributed by atoms with Crippen LogP contribution in [0.2, 0.25) is 5.02 Å². The monoisotopic (exact) mass is 335 g/mol. The number of halogens is 1. The molecule has 0 saturated carbocycles. The first kappa shape index (κ1) is 16.7. The van der Waals surface area contributed by atoms with E-state index >= 15 is 0 Å². The van der Waals surface area contributed by atoms with Crippen LogP contribution >= 0.6 is 11.6 Å². The molecule has 5 heteroatoms. The Morgan fingerprint density at radius 2 is 1.73 bits per heavy atom. The molecule has 0 radical (unpaired) electrons. The van der Waals surface area contributed by atoms with E-state index in [0.29, 0.717) is 17.3 Å². The lowest BCUT2D eigenvalue weighted by atomic mass is 10.2. The highest BCUT2D eigenvalue weighted by molar-refractivity contribution is 7.85. The van der Waals surface area contributed by atoms with Gasteiger partial charge in [-0.3, -0.25) is 9.00 Å².